The summed E-state index contributed by atoms with van der Waals surface area (Å²) in [5.74, 6) is 2.28. The molecule has 1 aromatic rings. The molecule has 7 heteroatoms. The highest BCUT2D eigenvalue weighted by molar-refractivity contribution is 5.83. The normalized spacial score (nSPS) is 25.8. The van der Waals surface area contributed by atoms with Crippen LogP contribution in [0.3, 0.4) is 0 Å². The number of para-hydroxylation sites is 1. The van der Waals surface area contributed by atoms with Gasteiger partial charge in [-0.1, -0.05) is 31.5 Å². The summed E-state index contributed by atoms with van der Waals surface area (Å²) in [6, 6.07) is 8.67. The van der Waals surface area contributed by atoms with Gasteiger partial charge >= 0.3 is 0 Å². The second-order valence-electron chi connectivity index (χ2n) is 13.0. The molecule has 3 fully saturated rings. The van der Waals surface area contributed by atoms with Gasteiger partial charge in [-0.25, -0.2) is 0 Å². The summed E-state index contributed by atoms with van der Waals surface area (Å²) in [6.07, 6.45) is 12.9. The first-order valence-electron chi connectivity index (χ1n) is 16.3. The van der Waals surface area contributed by atoms with Crippen LogP contribution in [0.5, 0.6) is 5.75 Å². The van der Waals surface area contributed by atoms with Crippen LogP contribution in [0.4, 0.5) is 0 Å². The van der Waals surface area contributed by atoms with Crippen molar-refractivity contribution in [3.8, 4) is 5.75 Å². The summed E-state index contributed by atoms with van der Waals surface area (Å²) < 4.78 is 6.00. The number of aryl methyl sites for hydroxylation is 1. The van der Waals surface area contributed by atoms with Gasteiger partial charge in [-0.3, -0.25) is 14.5 Å². The van der Waals surface area contributed by atoms with Gasteiger partial charge < -0.3 is 19.9 Å². The topological polar surface area (TPSA) is 65.1 Å². The monoisotopic (exact) mass is 552 g/mol. The third kappa shape index (κ3) is 7.58. The molecule has 0 bridgehead atoms. The van der Waals surface area contributed by atoms with Crippen molar-refractivity contribution >= 4 is 11.8 Å². The van der Waals surface area contributed by atoms with E-state index >= 15 is 0 Å². The van der Waals surface area contributed by atoms with E-state index in [2.05, 4.69) is 39.1 Å². The molecule has 5 rings (SSSR count). The van der Waals surface area contributed by atoms with Gasteiger partial charge in [0.05, 0.1) is 18.5 Å². The van der Waals surface area contributed by atoms with Crippen molar-refractivity contribution in [1.29, 1.82) is 0 Å². The van der Waals surface area contributed by atoms with Crippen LogP contribution in [-0.2, 0) is 16.0 Å². The Morgan fingerprint density at radius 3 is 2.58 bits per heavy atom. The van der Waals surface area contributed by atoms with Crippen LogP contribution in [0.25, 0.3) is 0 Å². The summed E-state index contributed by atoms with van der Waals surface area (Å²) in [5.41, 5.74) is 0.941. The van der Waals surface area contributed by atoms with E-state index in [-0.39, 0.29) is 11.3 Å². The van der Waals surface area contributed by atoms with E-state index < -0.39 is 0 Å². The molecular formula is C33H52N4O3. The molecule has 1 N–H and O–H groups in total. The minimum atomic E-state index is -0.322. The molecule has 222 valence electrons. The van der Waals surface area contributed by atoms with E-state index in [1.54, 1.807) is 0 Å². The van der Waals surface area contributed by atoms with Crippen LogP contribution in [0, 0.1) is 11.3 Å². The van der Waals surface area contributed by atoms with E-state index in [0.29, 0.717) is 31.6 Å². The Labute approximate surface area is 242 Å². The fraction of sp³-hybridized carbons (Fsp3) is 0.758. The highest BCUT2D eigenvalue weighted by atomic mass is 16.5. The van der Waals surface area contributed by atoms with Crippen molar-refractivity contribution in [2.24, 2.45) is 11.3 Å². The average molecular weight is 553 g/mol. The number of fused-ring (bicyclic) bond motifs is 1. The lowest BCUT2D eigenvalue weighted by Gasteiger charge is -2.42. The average Bonchev–Trinajstić information content (AvgIpc) is 2.98. The number of benzene rings is 1. The number of rotatable bonds is 5. The van der Waals surface area contributed by atoms with Crippen molar-refractivity contribution in [2.75, 3.05) is 59.0 Å². The zero-order valence-corrected chi connectivity index (χ0v) is 24.9. The SMILES string of the molecule is CC1CCN(CCC2CCCCN2C(=O)CN2CCC3(CCCCc4ccccc4OCCNC3=O)CC2)CC1. The second-order valence-corrected chi connectivity index (χ2v) is 13.0. The molecule has 0 saturated carbocycles. The zero-order valence-electron chi connectivity index (χ0n) is 24.9. The number of nitrogens with one attached hydrogen (secondary N) is 1. The fourth-order valence-corrected chi connectivity index (χ4v) is 7.40. The van der Waals surface area contributed by atoms with Crippen molar-refractivity contribution < 1.29 is 14.3 Å². The molecule has 40 heavy (non-hydrogen) atoms. The van der Waals surface area contributed by atoms with Crippen molar-refractivity contribution in [3.63, 3.8) is 0 Å². The number of amides is 2. The van der Waals surface area contributed by atoms with Gasteiger partial charge in [0.1, 0.15) is 12.4 Å². The lowest BCUT2D eigenvalue weighted by Crippen LogP contribution is -2.53. The molecular weight excluding hydrogens is 500 g/mol. The number of hydrogen-bond donors (Lipinski definition) is 1. The number of likely N-dealkylation sites (tertiary alicyclic amines) is 3. The molecule has 7 nitrogen and oxygen atoms in total. The van der Waals surface area contributed by atoms with Crippen molar-refractivity contribution in [1.82, 2.24) is 20.0 Å². The van der Waals surface area contributed by atoms with Crippen LogP contribution in [0.15, 0.2) is 24.3 Å². The first kappa shape index (κ1) is 29.4. The standard InChI is InChI=1S/C33H52N4O3/c1-27-12-20-35(21-13-27)22-14-29-10-5-7-19-37(29)31(38)26-36-23-16-33(17-24-36)15-6-4-9-28-8-2-3-11-30(28)40-25-18-34-32(33)39/h2-3,8,11,27,29H,4-7,9-10,12-26H2,1H3,(H,34,39). The maximum atomic E-state index is 13.5. The van der Waals surface area contributed by atoms with E-state index in [0.717, 1.165) is 95.6 Å². The van der Waals surface area contributed by atoms with Gasteiger partial charge in [0.25, 0.3) is 0 Å². The minimum absolute atomic E-state index is 0.180. The summed E-state index contributed by atoms with van der Waals surface area (Å²) in [5, 5.41) is 3.19. The molecule has 0 radical (unpaired) electrons. The quantitative estimate of drug-likeness (QED) is 0.583. The Balaban J connectivity index is 1.12. The number of piperidine rings is 3. The molecule has 1 aromatic carbocycles. The summed E-state index contributed by atoms with van der Waals surface area (Å²) in [4.78, 5) is 34.1. The second kappa shape index (κ2) is 14.2. The van der Waals surface area contributed by atoms with Crippen LogP contribution >= 0.6 is 0 Å². The number of carbonyl (C=O) groups is 2. The maximum absolute atomic E-state index is 13.5. The Morgan fingerprint density at radius 2 is 1.75 bits per heavy atom. The molecule has 1 spiro atoms. The third-order valence-corrected chi connectivity index (χ3v) is 10.2. The molecule has 4 aliphatic rings. The lowest BCUT2D eigenvalue weighted by molar-refractivity contribution is -0.138. The molecule has 0 aromatic heterocycles. The predicted molar refractivity (Wildman–Crippen MR) is 159 cm³/mol. The Hall–Kier alpha value is -2.12. The molecule has 2 amide bonds. The Morgan fingerprint density at radius 1 is 0.950 bits per heavy atom. The highest BCUT2D eigenvalue weighted by Crippen LogP contribution is 2.38. The molecule has 0 aliphatic carbocycles. The summed E-state index contributed by atoms with van der Waals surface area (Å²) >= 11 is 0. The molecule has 4 aliphatic heterocycles. The van der Waals surface area contributed by atoms with Gasteiger partial charge in [0, 0.05) is 19.1 Å². The Bertz CT molecular complexity index is 968. The van der Waals surface area contributed by atoms with Crippen LogP contribution in [-0.4, -0.2) is 91.5 Å². The van der Waals surface area contributed by atoms with Gasteiger partial charge in [0.15, 0.2) is 0 Å². The van der Waals surface area contributed by atoms with Gasteiger partial charge in [-0.15, -0.1) is 0 Å². The Kier molecular flexibility index (Phi) is 10.4. The first-order chi connectivity index (χ1) is 19.5. The van der Waals surface area contributed by atoms with E-state index in [9.17, 15) is 9.59 Å². The maximum Gasteiger partial charge on any atom is 0.236 e. The lowest BCUT2D eigenvalue weighted by atomic mass is 9.73. The first-order valence-corrected chi connectivity index (χ1v) is 16.3. The van der Waals surface area contributed by atoms with Crippen LogP contribution in [0.1, 0.15) is 83.1 Å². The van der Waals surface area contributed by atoms with Crippen LogP contribution < -0.4 is 10.1 Å². The van der Waals surface area contributed by atoms with Gasteiger partial charge in [-0.2, -0.15) is 0 Å². The molecule has 1 unspecified atom stereocenters. The summed E-state index contributed by atoms with van der Waals surface area (Å²) in [7, 11) is 0. The summed E-state index contributed by atoms with van der Waals surface area (Å²) in [6.45, 7) is 10.00. The largest absolute Gasteiger partial charge is 0.491 e. The smallest absolute Gasteiger partial charge is 0.236 e. The number of nitrogens with zero attached hydrogens (tertiary/aromatic N) is 3. The van der Waals surface area contributed by atoms with E-state index in [4.69, 9.17) is 4.74 Å². The minimum Gasteiger partial charge on any atom is -0.491 e. The van der Waals surface area contributed by atoms with Crippen molar-refractivity contribution in [3.05, 3.63) is 29.8 Å². The molecule has 3 saturated heterocycles. The van der Waals surface area contributed by atoms with Crippen LogP contribution in [0.2, 0.25) is 0 Å². The van der Waals surface area contributed by atoms with Gasteiger partial charge in [0.2, 0.25) is 11.8 Å². The van der Waals surface area contributed by atoms with Gasteiger partial charge in [-0.05, 0) is 114 Å². The highest BCUT2D eigenvalue weighted by Gasteiger charge is 2.41. The third-order valence-electron chi connectivity index (χ3n) is 10.2. The zero-order chi connectivity index (χ0) is 27.8. The number of carbonyl (C=O) groups excluding carboxylic acids is 2. The number of ether oxygens (including phenoxy) is 1. The predicted octanol–water partition coefficient (Wildman–Crippen LogP) is 4.49. The van der Waals surface area contributed by atoms with E-state index in [1.165, 1.54) is 37.9 Å². The fourth-order valence-electron chi connectivity index (χ4n) is 7.40. The molecule has 4 heterocycles. The van der Waals surface area contributed by atoms with Crippen molar-refractivity contribution in [2.45, 2.75) is 90.0 Å². The van der Waals surface area contributed by atoms with E-state index in [1.807, 2.05) is 12.1 Å². The molecule has 1 atom stereocenters. The number of hydrogen-bond acceptors (Lipinski definition) is 5.